The van der Waals surface area contributed by atoms with Crippen LogP contribution in [0.2, 0.25) is 0 Å². The maximum Gasteiger partial charge on any atom is 0.323 e. The van der Waals surface area contributed by atoms with Crippen molar-refractivity contribution >= 4 is 5.97 Å². The number of carboxylic acid groups (broad SMARTS) is 1. The molecular formula is C10H21NO4. The van der Waals surface area contributed by atoms with E-state index in [1.165, 1.54) is 7.11 Å². The van der Waals surface area contributed by atoms with Gasteiger partial charge in [-0.05, 0) is 20.4 Å². The quantitative estimate of drug-likeness (QED) is 0.639. The Kier molecular flexibility index (Phi) is 5.79. The highest BCUT2D eigenvalue weighted by molar-refractivity contribution is 5.73. The number of hydrogen-bond donors (Lipinski definition) is 2. The highest BCUT2D eigenvalue weighted by Gasteiger charge is 2.28. The van der Waals surface area contributed by atoms with E-state index in [1.54, 1.807) is 18.7 Å². The highest BCUT2D eigenvalue weighted by Crippen LogP contribution is 2.09. The van der Waals surface area contributed by atoms with Crippen LogP contribution in [0.4, 0.5) is 0 Å². The number of aliphatic hydroxyl groups is 1. The molecule has 5 heteroatoms. The third-order valence-electron chi connectivity index (χ3n) is 2.05. The number of methoxy groups -OCH3 is 1. The van der Waals surface area contributed by atoms with Gasteiger partial charge >= 0.3 is 5.97 Å². The van der Waals surface area contributed by atoms with Crippen molar-refractivity contribution in [2.75, 3.05) is 26.8 Å². The van der Waals surface area contributed by atoms with E-state index < -0.39 is 17.6 Å². The number of hydrogen-bond acceptors (Lipinski definition) is 4. The smallest absolute Gasteiger partial charge is 0.323 e. The number of ether oxygens (including phenoxy) is 1. The molecule has 0 spiro atoms. The topological polar surface area (TPSA) is 70.0 Å². The van der Waals surface area contributed by atoms with Crippen LogP contribution in [-0.4, -0.2) is 59.5 Å². The summed E-state index contributed by atoms with van der Waals surface area (Å²) in [7, 11) is 1.47. The van der Waals surface area contributed by atoms with Crippen molar-refractivity contribution in [3.05, 3.63) is 0 Å². The molecule has 0 heterocycles. The first-order chi connectivity index (χ1) is 6.81. The molecule has 5 nitrogen and oxygen atoms in total. The van der Waals surface area contributed by atoms with Crippen molar-refractivity contribution in [3.63, 3.8) is 0 Å². The predicted octanol–water partition coefficient (Wildman–Crippen LogP) is 0.179. The lowest BCUT2D eigenvalue weighted by Crippen LogP contribution is -2.49. The number of likely N-dealkylation sites (N-methyl/N-ethyl adjacent to an activating group) is 1. The number of carbonyl (C=O) groups is 1. The third-order valence-corrected chi connectivity index (χ3v) is 2.05. The lowest BCUT2D eigenvalue weighted by Gasteiger charge is -2.32. The zero-order valence-corrected chi connectivity index (χ0v) is 9.86. The number of nitrogens with zero attached hydrogens (tertiary/aromatic N) is 1. The van der Waals surface area contributed by atoms with Crippen LogP contribution in [0.3, 0.4) is 0 Å². The third kappa shape index (κ3) is 5.71. The molecule has 0 aromatic rings. The fourth-order valence-corrected chi connectivity index (χ4v) is 1.43. The Morgan fingerprint density at radius 2 is 2.07 bits per heavy atom. The van der Waals surface area contributed by atoms with Crippen molar-refractivity contribution in [1.29, 1.82) is 0 Å². The van der Waals surface area contributed by atoms with Crippen molar-refractivity contribution in [2.24, 2.45) is 0 Å². The molecule has 0 aliphatic carbocycles. The van der Waals surface area contributed by atoms with E-state index in [2.05, 4.69) is 0 Å². The molecule has 0 bridgehead atoms. The zero-order chi connectivity index (χ0) is 12.1. The molecule has 0 saturated carbocycles. The van der Waals surface area contributed by atoms with Crippen LogP contribution in [0.15, 0.2) is 0 Å². The molecule has 90 valence electrons. The second-order valence-electron chi connectivity index (χ2n) is 4.18. The first kappa shape index (κ1) is 14.3. The molecular weight excluding hydrogens is 198 g/mol. The second kappa shape index (κ2) is 6.05. The van der Waals surface area contributed by atoms with Gasteiger partial charge in [-0.25, -0.2) is 0 Å². The second-order valence-corrected chi connectivity index (χ2v) is 4.18. The fourth-order valence-electron chi connectivity index (χ4n) is 1.43. The summed E-state index contributed by atoms with van der Waals surface area (Å²) in [6.45, 7) is 6.16. The number of rotatable bonds is 7. The summed E-state index contributed by atoms with van der Waals surface area (Å²) in [6, 6.07) is -0.702. The molecule has 1 unspecified atom stereocenters. The van der Waals surface area contributed by atoms with Gasteiger partial charge in [0.15, 0.2) is 0 Å². The predicted molar refractivity (Wildman–Crippen MR) is 56.8 cm³/mol. The van der Waals surface area contributed by atoms with Gasteiger partial charge in [-0.2, -0.15) is 0 Å². The van der Waals surface area contributed by atoms with Crippen LogP contribution in [0.1, 0.15) is 20.8 Å². The van der Waals surface area contributed by atoms with Crippen molar-refractivity contribution in [3.8, 4) is 0 Å². The minimum Gasteiger partial charge on any atom is -0.480 e. The molecule has 15 heavy (non-hydrogen) atoms. The van der Waals surface area contributed by atoms with Crippen LogP contribution in [0.25, 0.3) is 0 Å². The van der Waals surface area contributed by atoms with Gasteiger partial charge in [0.05, 0.1) is 12.2 Å². The van der Waals surface area contributed by atoms with E-state index in [-0.39, 0.29) is 6.61 Å². The molecule has 0 aliphatic heterocycles. The van der Waals surface area contributed by atoms with E-state index in [0.29, 0.717) is 13.1 Å². The Morgan fingerprint density at radius 1 is 1.53 bits per heavy atom. The van der Waals surface area contributed by atoms with E-state index in [9.17, 15) is 9.90 Å². The van der Waals surface area contributed by atoms with Gasteiger partial charge < -0.3 is 14.9 Å². The van der Waals surface area contributed by atoms with Crippen LogP contribution in [0.5, 0.6) is 0 Å². The van der Waals surface area contributed by atoms with Gasteiger partial charge in [0.2, 0.25) is 0 Å². The van der Waals surface area contributed by atoms with E-state index in [1.807, 2.05) is 6.92 Å². The Hall–Kier alpha value is -0.650. The normalized spacial score (nSPS) is 14.3. The van der Waals surface area contributed by atoms with Gasteiger partial charge in [0.25, 0.3) is 0 Å². The average Bonchev–Trinajstić information content (AvgIpc) is 2.08. The van der Waals surface area contributed by atoms with Crippen LogP contribution in [0, 0.1) is 0 Å². The van der Waals surface area contributed by atoms with Crippen molar-refractivity contribution < 1.29 is 19.7 Å². The Bertz CT molecular complexity index is 200. The summed E-state index contributed by atoms with van der Waals surface area (Å²) >= 11 is 0. The molecule has 0 aliphatic rings. The summed E-state index contributed by atoms with van der Waals surface area (Å²) in [5.74, 6) is -0.928. The average molecular weight is 219 g/mol. The number of carboxylic acids is 1. The Labute approximate surface area is 90.6 Å². The molecule has 0 aromatic heterocycles. The first-order valence-electron chi connectivity index (χ1n) is 5.00. The van der Waals surface area contributed by atoms with Gasteiger partial charge in [0.1, 0.15) is 6.04 Å². The van der Waals surface area contributed by atoms with E-state index >= 15 is 0 Å². The van der Waals surface area contributed by atoms with Crippen LogP contribution in [-0.2, 0) is 9.53 Å². The lowest BCUT2D eigenvalue weighted by atomic mass is 10.1. The van der Waals surface area contributed by atoms with Gasteiger partial charge in [-0.15, -0.1) is 0 Å². The zero-order valence-electron chi connectivity index (χ0n) is 9.86. The van der Waals surface area contributed by atoms with Gasteiger partial charge in [-0.1, -0.05) is 6.92 Å². The van der Waals surface area contributed by atoms with Crippen molar-refractivity contribution in [2.45, 2.75) is 32.4 Å². The summed E-state index contributed by atoms with van der Waals surface area (Å²) in [6.07, 6.45) is 0. The van der Waals surface area contributed by atoms with Gasteiger partial charge in [-0.3, -0.25) is 9.69 Å². The molecule has 1 atom stereocenters. The molecule has 0 saturated heterocycles. The molecule has 0 amide bonds. The first-order valence-corrected chi connectivity index (χ1v) is 5.00. The molecule has 0 radical (unpaired) electrons. The summed E-state index contributed by atoms with van der Waals surface area (Å²) in [4.78, 5) is 12.7. The fraction of sp³-hybridized carbons (Fsp3) is 0.900. The maximum atomic E-state index is 11.0. The van der Waals surface area contributed by atoms with Crippen LogP contribution < -0.4 is 0 Å². The standard InChI is InChI=1S/C10H21NO4/c1-5-11(7-10(2,3)14)8(6-15-4)9(12)13/h8,14H,5-7H2,1-4H3,(H,12,13). The summed E-state index contributed by atoms with van der Waals surface area (Å²) in [5, 5.41) is 18.6. The van der Waals surface area contributed by atoms with Crippen LogP contribution >= 0.6 is 0 Å². The minimum atomic E-state index is -0.928. The summed E-state index contributed by atoms with van der Waals surface area (Å²) < 4.78 is 4.86. The number of aliphatic carboxylic acids is 1. The van der Waals surface area contributed by atoms with Crippen molar-refractivity contribution in [1.82, 2.24) is 4.90 Å². The molecule has 0 rings (SSSR count). The Balaban J connectivity index is 4.52. The summed E-state index contributed by atoms with van der Waals surface area (Å²) in [5.41, 5.74) is -0.905. The van der Waals surface area contributed by atoms with Gasteiger partial charge in [0, 0.05) is 13.7 Å². The lowest BCUT2D eigenvalue weighted by molar-refractivity contribution is -0.146. The maximum absolute atomic E-state index is 11.0. The van der Waals surface area contributed by atoms with E-state index in [4.69, 9.17) is 9.84 Å². The highest BCUT2D eigenvalue weighted by atomic mass is 16.5. The minimum absolute atomic E-state index is 0.124. The molecule has 2 N–H and O–H groups in total. The molecule has 0 fully saturated rings. The largest absolute Gasteiger partial charge is 0.480 e. The SMILES string of the molecule is CCN(CC(C)(C)O)C(COC)C(=O)O. The monoisotopic (exact) mass is 219 g/mol. The Morgan fingerprint density at radius 3 is 2.33 bits per heavy atom. The van der Waals surface area contributed by atoms with E-state index in [0.717, 1.165) is 0 Å². The molecule has 0 aromatic carbocycles.